The molecule has 0 saturated heterocycles. The van der Waals surface area contributed by atoms with Crippen LogP contribution < -0.4 is 14.4 Å². The van der Waals surface area contributed by atoms with Gasteiger partial charge in [-0.15, -0.1) is 0 Å². The van der Waals surface area contributed by atoms with Gasteiger partial charge in [0.25, 0.3) is 10.0 Å². The summed E-state index contributed by atoms with van der Waals surface area (Å²) in [6.45, 7) is -0.543. The first-order valence-electron chi connectivity index (χ1n) is 9.76. The topological polar surface area (TPSA) is 102 Å². The number of ether oxygens (including phenoxy) is 2. The van der Waals surface area contributed by atoms with E-state index in [1.807, 2.05) is 0 Å². The van der Waals surface area contributed by atoms with E-state index in [0.717, 1.165) is 4.31 Å². The molecule has 0 spiro atoms. The van der Waals surface area contributed by atoms with Gasteiger partial charge in [0.15, 0.2) is 0 Å². The van der Waals surface area contributed by atoms with Gasteiger partial charge in [0, 0.05) is 10.2 Å². The summed E-state index contributed by atoms with van der Waals surface area (Å²) in [4.78, 5) is 24.7. The van der Waals surface area contributed by atoms with Crippen LogP contribution in [0.2, 0.25) is 5.02 Å². The number of hydrogen-bond acceptors (Lipinski definition) is 6. The van der Waals surface area contributed by atoms with Gasteiger partial charge < -0.3 is 14.8 Å². The number of para-hydroxylation sites is 1. The Morgan fingerprint density at radius 1 is 1.03 bits per heavy atom. The Hall–Kier alpha value is -3.08. The molecule has 0 heterocycles. The molecule has 3 aromatic carbocycles. The van der Waals surface area contributed by atoms with E-state index >= 15 is 0 Å². The highest BCUT2D eigenvalue weighted by Crippen LogP contribution is 2.32. The monoisotopic (exact) mass is 566 g/mol. The second kappa shape index (κ2) is 10.9. The van der Waals surface area contributed by atoms with Gasteiger partial charge in [-0.05, 0) is 48.5 Å². The number of nitrogens with one attached hydrogen (secondary N) is 1. The molecule has 0 aliphatic heterocycles. The van der Waals surface area contributed by atoms with Crippen LogP contribution in [0.4, 0.5) is 11.4 Å². The second-order valence-electron chi connectivity index (χ2n) is 6.88. The highest BCUT2D eigenvalue weighted by Gasteiger charge is 2.30. The molecule has 0 fully saturated rings. The van der Waals surface area contributed by atoms with Crippen molar-refractivity contribution >= 4 is 60.8 Å². The number of amides is 1. The number of anilines is 2. The summed E-state index contributed by atoms with van der Waals surface area (Å²) in [5.74, 6) is -1.18. The van der Waals surface area contributed by atoms with E-state index in [1.54, 1.807) is 36.4 Å². The van der Waals surface area contributed by atoms with E-state index in [-0.39, 0.29) is 32.6 Å². The van der Waals surface area contributed by atoms with E-state index < -0.39 is 28.4 Å². The Bertz CT molecular complexity index is 1320. The van der Waals surface area contributed by atoms with Gasteiger partial charge in [-0.3, -0.25) is 9.10 Å². The number of rotatable bonds is 8. The van der Waals surface area contributed by atoms with Crippen LogP contribution in [0.3, 0.4) is 0 Å². The van der Waals surface area contributed by atoms with Crippen LogP contribution in [0.15, 0.2) is 76.1 Å². The fraction of sp³-hybridized carbons (Fsp3) is 0.130. The predicted octanol–water partition coefficient (Wildman–Crippen LogP) is 4.73. The van der Waals surface area contributed by atoms with E-state index in [1.165, 1.54) is 44.6 Å². The summed E-state index contributed by atoms with van der Waals surface area (Å²) in [5, 5.41) is 2.75. The van der Waals surface area contributed by atoms with E-state index in [0.29, 0.717) is 4.47 Å². The number of benzene rings is 3. The summed E-state index contributed by atoms with van der Waals surface area (Å²) in [7, 11) is -1.64. The van der Waals surface area contributed by atoms with Gasteiger partial charge in [-0.25, -0.2) is 13.2 Å². The van der Waals surface area contributed by atoms with Crippen LogP contribution in [0.1, 0.15) is 10.4 Å². The Kier molecular flexibility index (Phi) is 8.19. The van der Waals surface area contributed by atoms with Crippen LogP contribution >= 0.6 is 27.5 Å². The summed E-state index contributed by atoms with van der Waals surface area (Å²) in [6.07, 6.45) is 0. The summed E-state index contributed by atoms with van der Waals surface area (Å²) in [6, 6.07) is 17.1. The lowest BCUT2D eigenvalue weighted by atomic mass is 10.2. The van der Waals surface area contributed by atoms with Crippen molar-refractivity contribution < 1.29 is 27.5 Å². The molecule has 1 N–H and O–H groups in total. The van der Waals surface area contributed by atoms with E-state index in [2.05, 4.69) is 26.0 Å². The van der Waals surface area contributed by atoms with Gasteiger partial charge in [0.1, 0.15) is 17.2 Å². The van der Waals surface area contributed by atoms with Crippen LogP contribution in [-0.4, -0.2) is 41.1 Å². The molecule has 0 aliphatic carbocycles. The Morgan fingerprint density at radius 2 is 1.74 bits per heavy atom. The van der Waals surface area contributed by atoms with Gasteiger partial charge in [0.05, 0.1) is 30.5 Å². The molecule has 0 radical (unpaired) electrons. The maximum atomic E-state index is 13.6. The molecule has 0 saturated carbocycles. The molecule has 3 rings (SSSR count). The zero-order valence-corrected chi connectivity index (χ0v) is 21.3. The first kappa shape index (κ1) is 25.5. The fourth-order valence-electron chi connectivity index (χ4n) is 3.08. The van der Waals surface area contributed by atoms with Gasteiger partial charge in [-0.2, -0.15) is 0 Å². The number of halogens is 2. The number of methoxy groups -OCH3 is 2. The van der Waals surface area contributed by atoms with E-state index in [4.69, 9.17) is 16.3 Å². The van der Waals surface area contributed by atoms with Gasteiger partial charge in [-0.1, -0.05) is 45.7 Å². The van der Waals surface area contributed by atoms with Gasteiger partial charge >= 0.3 is 5.97 Å². The normalized spacial score (nSPS) is 10.9. The largest absolute Gasteiger partial charge is 0.495 e. The SMILES string of the molecule is COC(=O)c1cc(NC(=O)CN(c2ccccc2)S(=O)(=O)c2cc(Br)ccc2OC)ccc1Cl. The Labute approximate surface area is 210 Å². The number of hydrogen-bond donors (Lipinski definition) is 1. The number of sulfonamides is 1. The maximum Gasteiger partial charge on any atom is 0.339 e. The zero-order valence-electron chi connectivity index (χ0n) is 18.1. The second-order valence-corrected chi connectivity index (χ2v) is 10.0. The van der Waals surface area contributed by atoms with Crippen molar-refractivity contribution in [2.75, 3.05) is 30.4 Å². The molecule has 11 heteroatoms. The molecule has 1 amide bonds. The van der Waals surface area contributed by atoms with Crippen molar-refractivity contribution in [1.82, 2.24) is 0 Å². The Morgan fingerprint density at radius 3 is 2.38 bits per heavy atom. The lowest BCUT2D eigenvalue weighted by Crippen LogP contribution is -2.38. The number of carbonyl (C=O) groups excluding carboxylic acids is 2. The van der Waals surface area contributed by atoms with Crippen molar-refractivity contribution in [1.29, 1.82) is 0 Å². The average Bonchev–Trinajstić information content (AvgIpc) is 2.83. The van der Waals surface area contributed by atoms with Gasteiger partial charge in [0.2, 0.25) is 5.91 Å². The minimum absolute atomic E-state index is 0.0633. The molecular weight excluding hydrogens is 548 g/mol. The summed E-state index contributed by atoms with van der Waals surface area (Å²) in [5.41, 5.74) is 0.597. The highest BCUT2D eigenvalue weighted by molar-refractivity contribution is 9.10. The fourth-order valence-corrected chi connectivity index (χ4v) is 5.39. The van der Waals surface area contributed by atoms with Crippen LogP contribution in [0.25, 0.3) is 0 Å². The molecule has 3 aromatic rings. The van der Waals surface area contributed by atoms with Crippen molar-refractivity contribution in [3.8, 4) is 5.75 Å². The maximum absolute atomic E-state index is 13.6. The quantitative estimate of drug-likeness (QED) is 0.395. The minimum atomic E-state index is -4.22. The first-order chi connectivity index (χ1) is 16.2. The highest BCUT2D eigenvalue weighted by atomic mass is 79.9. The van der Waals surface area contributed by atoms with Crippen molar-refractivity contribution in [3.63, 3.8) is 0 Å². The summed E-state index contributed by atoms with van der Waals surface area (Å²) >= 11 is 9.31. The standard InChI is InChI=1S/C23H20BrClN2O6S/c1-32-20-11-8-15(24)12-21(20)34(30,31)27(17-6-4-3-5-7-17)14-22(28)26-16-9-10-19(25)18(13-16)23(29)33-2/h3-13H,14H2,1-2H3,(H,26,28). The molecule has 0 atom stereocenters. The molecule has 8 nitrogen and oxygen atoms in total. The van der Waals surface area contributed by atoms with Crippen molar-refractivity contribution in [2.45, 2.75) is 4.90 Å². The lowest BCUT2D eigenvalue weighted by Gasteiger charge is -2.25. The van der Waals surface area contributed by atoms with Crippen LogP contribution in [0.5, 0.6) is 5.75 Å². The number of nitrogens with zero attached hydrogens (tertiary/aromatic N) is 1. The Balaban J connectivity index is 1.97. The average molecular weight is 568 g/mol. The minimum Gasteiger partial charge on any atom is -0.495 e. The smallest absolute Gasteiger partial charge is 0.339 e. The van der Waals surface area contributed by atoms with Crippen molar-refractivity contribution in [2.24, 2.45) is 0 Å². The molecule has 0 unspecified atom stereocenters. The predicted molar refractivity (Wildman–Crippen MR) is 133 cm³/mol. The first-order valence-corrected chi connectivity index (χ1v) is 12.4. The molecular formula is C23H20BrClN2O6S. The molecule has 0 bridgehead atoms. The molecule has 0 aliphatic rings. The lowest BCUT2D eigenvalue weighted by molar-refractivity contribution is -0.114. The number of carbonyl (C=O) groups is 2. The van der Waals surface area contributed by atoms with Crippen LogP contribution in [0, 0.1) is 0 Å². The third-order valence-corrected chi connectivity index (χ3v) is 7.30. The third-order valence-electron chi connectivity index (χ3n) is 4.68. The van der Waals surface area contributed by atoms with Crippen LogP contribution in [-0.2, 0) is 19.6 Å². The molecule has 0 aromatic heterocycles. The molecule has 178 valence electrons. The van der Waals surface area contributed by atoms with Crippen molar-refractivity contribution in [3.05, 3.63) is 81.8 Å². The summed E-state index contributed by atoms with van der Waals surface area (Å²) < 4.78 is 38.7. The number of esters is 1. The zero-order chi connectivity index (χ0) is 24.9. The third kappa shape index (κ3) is 5.69. The van der Waals surface area contributed by atoms with E-state index in [9.17, 15) is 18.0 Å². The molecule has 34 heavy (non-hydrogen) atoms.